The van der Waals surface area contributed by atoms with Crippen LogP contribution in [0.4, 0.5) is 0 Å². The number of carboxylic acids is 1. The Morgan fingerprint density at radius 2 is 2.10 bits per heavy atom. The van der Waals surface area contributed by atoms with Crippen LogP contribution in [0.3, 0.4) is 0 Å². The van der Waals surface area contributed by atoms with E-state index in [0.717, 1.165) is 10.6 Å². The maximum absolute atomic E-state index is 11.2. The summed E-state index contributed by atoms with van der Waals surface area (Å²) in [5.74, 6) is -0.932. The normalized spacial score (nSPS) is 10.6. The summed E-state index contributed by atoms with van der Waals surface area (Å²) >= 11 is 1.60. The molecule has 0 saturated carbocycles. The van der Waals surface area contributed by atoms with E-state index in [-0.39, 0.29) is 0 Å². The second kappa shape index (κ2) is 5.26. The van der Waals surface area contributed by atoms with Gasteiger partial charge in [0, 0.05) is 0 Å². The summed E-state index contributed by atoms with van der Waals surface area (Å²) in [7, 11) is 0. The second-order valence-corrected chi connectivity index (χ2v) is 5.16. The highest BCUT2D eigenvalue weighted by atomic mass is 32.1. The third-order valence-electron chi connectivity index (χ3n) is 2.96. The van der Waals surface area contributed by atoms with E-state index in [9.17, 15) is 9.90 Å². The molecule has 0 bridgehead atoms. The molecule has 0 aliphatic carbocycles. The molecule has 0 aliphatic rings. The molecule has 3 rings (SSSR count). The first-order chi connectivity index (χ1) is 9.75. The van der Waals surface area contributed by atoms with E-state index in [2.05, 4.69) is 10.3 Å². The summed E-state index contributed by atoms with van der Waals surface area (Å²) in [6, 6.07) is 10.9. The Hall–Kier alpha value is -2.47. The minimum Gasteiger partial charge on any atom is -0.478 e. The van der Waals surface area contributed by atoms with Crippen molar-refractivity contribution in [1.82, 2.24) is 15.0 Å². The van der Waals surface area contributed by atoms with Crippen molar-refractivity contribution in [3.63, 3.8) is 0 Å². The van der Waals surface area contributed by atoms with E-state index in [0.29, 0.717) is 17.7 Å². The molecule has 20 heavy (non-hydrogen) atoms. The Kier molecular flexibility index (Phi) is 3.30. The molecule has 100 valence electrons. The van der Waals surface area contributed by atoms with Crippen molar-refractivity contribution in [2.45, 2.75) is 6.54 Å². The number of hydrogen-bond donors (Lipinski definition) is 1. The quantitative estimate of drug-likeness (QED) is 0.800. The predicted octanol–water partition coefficient (Wildman–Crippen LogP) is 2.75. The summed E-state index contributed by atoms with van der Waals surface area (Å²) in [5.41, 5.74) is 1.89. The number of rotatable bonds is 4. The van der Waals surface area contributed by atoms with Gasteiger partial charge >= 0.3 is 5.97 Å². The third-order valence-corrected chi connectivity index (χ3v) is 3.85. The molecule has 0 saturated heterocycles. The molecule has 0 radical (unpaired) electrons. The molecule has 0 spiro atoms. The zero-order chi connectivity index (χ0) is 13.9. The van der Waals surface area contributed by atoms with Gasteiger partial charge in [0.05, 0.1) is 28.9 Å². The lowest BCUT2D eigenvalue weighted by Gasteiger charge is -2.07. The van der Waals surface area contributed by atoms with Gasteiger partial charge in [-0.1, -0.05) is 29.5 Å². The molecular formula is C14H11N3O2S. The highest BCUT2D eigenvalue weighted by molar-refractivity contribution is 7.13. The minimum atomic E-state index is -0.932. The molecular weight excluding hydrogens is 274 g/mol. The molecule has 0 fully saturated rings. The number of aromatic carboxylic acids is 1. The summed E-state index contributed by atoms with van der Waals surface area (Å²) in [6.07, 6.45) is 1.69. The first-order valence-electron chi connectivity index (χ1n) is 5.99. The van der Waals surface area contributed by atoms with Gasteiger partial charge in [-0.15, -0.1) is 16.4 Å². The summed E-state index contributed by atoms with van der Waals surface area (Å²) in [6.45, 7) is 0.385. The van der Waals surface area contributed by atoms with E-state index < -0.39 is 5.97 Å². The van der Waals surface area contributed by atoms with Gasteiger partial charge in [-0.05, 0) is 23.1 Å². The summed E-state index contributed by atoms with van der Waals surface area (Å²) in [4.78, 5) is 12.3. The smallest absolute Gasteiger partial charge is 0.336 e. The average molecular weight is 285 g/mol. The van der Waals surface area contributed by atoms with E-state index in [4.69, 9.17) is 0 Å². The van der Waals surface area contributed by atoms with Crippen LogP contribution in [0, 0.1) is 0 Å². The predicted molar refractivity (Wildman–Crippen MR) is 75.8 cm³/mol. The Balaban J connectivity index is 1.97. The molecule has 0 aliphatic heterocycles. The average Bonchev–Trinajstić information content (AvgIpc) is 3.09. The summed E-state index contributed by atoms with van der Waals surface area (Å²) in [5, 5.41) is 19.2. The van der Waals surface area contributed by atoms with Gasteiger partial charge in [0.1, 0.15) is 0 Å². The van der Waals surface area contributed by atoms with Crippen LogP contribution in [0.2, 0.25) is 0 Å². The van der Waals surface area contributed by atoms with Crippen molar-refractivity contribution in [2.24, 2.45) is 0 Å². The van der Waals surface area contributed by atoms with Crippen LogP contribution in [0.15, 0.2) is 48.0 Å². The van der Waals surface area contributed by atoms with Crippen LogP contribution in [-0.4, -0.2) is 26.1 Å². The van der Waals surface area contributed by atoms with E-state index >= 15 is 0 Å². The highest BCUT2D eigenvalue weighted by Gasteiger charge is 2.13. The number of thiophene rings is 1. The van der Waals surface area contributed by atoms with Crippen molar-refractivity contribution in [2.75, 3.05) is 0 Å². The van der Waals surface area contributed by atoms with Crippen LogP contribution in [0.25, 0.3) is 10.6 Å². The van der Waals surface area contributed by atoms with E-state index in [1.807, 2.05) is 23.6 Å². The van der Waals surface area contributed by atoms with Crippen LogP contribution >= 0.6 is 11.3 Å². The van der Waals surface area contributed by atoms with Gasteiger partial charge in [0.15, 0.2) is 0 Å². The molecule has 1 N–H and O–H groups in total. The SMILES string of the molecule is O=C(O)c1ccccc1Cn1nncc1-c1cccs1. The highest BCUT2D eigenvalue weighted by Crippen LogP contribution is 2.24. The Morgan fingerprint density at radius 1 is 1.25 bits per heavy atom. The van der Waals surface area contributed by atoms with Gasteiger partial charge in [0.2, 0.25) is 0 Å². The zero-order valence-electron chi connectivity index (χ0n) is 10.4. The topological polar surface area (TPSA) is 68.0 Å². The van der Waals surface area contributed by atoms with Crippen molar-refractivity contribution in [3.8, 4) is 10.6 Å². The Morgan fingerprint density at radius 3 is 2.85 bits per heavy atom. The number of carbonyl (C=O) groups is 1. The molecule has 0 amide bonds. The van der Waals surface area contributed by atoms with Gasteiger partial charge in [-0.3, -0.25) is 0 Å². The third kappa shape index (κ3) is 2.33. The fraction of sp³-hybridized carbons (Fsp3) is 0.0714. The fourth-order valence-corrected chi connectivity index (χ4v) is 2.76. The monoisotopic (exact) mass is 285 g/mol. The first-order valence-corrected chi connectivity index (χ1v) is 6.87. The molecule has 6 heteroatoms. The van der Waals surface area contributed by atoms with Crippen LogP contribution < -0.4 is 0 Å². The zero-order valence-corrected chi connectivity index (χ0v) is 11.2. The lowest BCUT2D eigenvalue weighted by molar-refractivity contribution is 0.0695. The van der Waals surface area contributed by atoms with E-state index in [1.54, 1.807) is 40.4 Å². The Labute approximate surface area is 119 Å². The Bertz CT molecular complexity index is 734. The van der Waals surface area contributed by atoms with Gasteiger partial charge in [-0.2, -0.15) is 0 Å². The number of aromatic nitrogens is 3. The lowest BCUT2D eigenvalue weighted by atomic mass is 10.1. The second-order valence-electron chi connectivity index (χ2n) is 4.22. The molecule has 1 aromatic carbocycles. The largest absolute Gasteiger partial charge is 0.478 e. The van der Waals surface area contributed by atoms with Gasteiger partial charge in [-0.25, -0.2) is 9.48 Å². The van der Waals surface area contributed by atoms with Crippen LogP contribution in [0.1, 0.15) is 15.9 Å². The van der Waals surface area contributed by atoms with Crippen molar-refractivity contribution < 1.29 is 9.90 Å². The number of carboxylic acid groups (broad SMARTS) is 1. The van der Waals surface area contributed by atoms with Crippen LogP contribution in [0.5, 0.6) is 0 Å². The first kappa shape index (κ1) is 12.6. The van der Waals surface area contributed by atoms with Crippen molar-refractivity contribution in [3.05, 3.63) is 59.1 Å². The standard InChI is InChI=1S/C14H11N3O2S/c18-14(19)11-5-2-1-4-10(11)9-17-12(8-15-16-17)13-6-3-7-20-13/h1-8H,9H2,(H,18,19). The fourth-order valence-electron chi connectivity index (χ4n) is 2.02. The molecule has 3 aromatic rings. The van der Waals surface area contributed by atoms with Crippen molar-refractivity contribution >= 4 is 17.3 Å². The molecule has 0 atom stereocenters. The maximum atomic E-state index is 11.2. The minimum absolute atomic E-state index is 0.292. The molecule has 2 heterocycles. The molecule has 2 aromatic heterocycles. The van der Waals surface area contributed by atoms with Crippen molar-refractivity contribution in [1.29, 1.82) is 0 Å². The molecule has 0 unspecified atom stereocenters. The number of nitrogens with zero attached hydrogens (tertiary/aromatic N) is 3. The lowest BCUT2D eigenvalue weighted by Crippen LogP contribution is -2.09. The maximum Gasteiger partial charge on any atom is 0.336 e. The van der Waals surface area contributed by atoms with Gasteiger partial charge < -0.3 is 5.11 Å². The van der Waals surface area contributed by atoms with E-state index in [1.165, 1.54) is 0 Å². The van der Waals surface area contributed by atoms with Crippen LogP contribution in [-0.2, 0) is 6.54 Å². The van der Waals surface area contributed by atoms with Gasteiger partial charge in [0.25, 0.3) is 0 Å². The molecule has 5 nitrogen and oxygen atoms in total. The number of hydrogen-bond acceptors (Lipinski definition) is 4. The summed E-state index contributed by atoms with van der Waals surface area (Å²) < 4.78 is 1.72. The number of benzene rings is 1.